The van der Waals surface area contributed by atoms with E-state index in [-0.39, 0.29) is 38.1 Å². The molecule has 1 fully saturated rings. The number of rotatable bonds is 9. The molecule has 0 radical (unpaired) electrons. The van der Waals surface area contributed by atoms with Crippen LogP contribution in [0.15, 0.2) is 78.9 Å². The van der Waals surface area contributed by atoms with Crippen LogP contribution < -0.4 is 5.32 Å². The molecule has 1 aliphatic heterocycles. The summed E-state index contributed by atoms with van der Waals surface area (Å²) in [7, 11) is 0. The average molecular weight is 557 g/mol. The number of hydrogen-bond donors (Lipinski definition) is 2. The first-order chi connectivity index (χ1) is 19.8. The molecular formula is C32H32N2O7. The maximum Gasteiger partial charge on any atom is 0.407 e. The third kappa shape index (κ3) is 6.24. The van der Waals surface area contributed by atoms with E-state index in [1.54, 1.807) is 6.92 Å². The van der Waals surface area contributed by atoms with Gasteiger partial charge in [0.1, 0.15) is 19.3 Å². The van der Waals surface area contributed by atoms with Crippen LogP contribution in [0.25, 0.3) is 11.1 Å². The zero-order valence-electron chi connectivity index (χ0n) is 22.7. The maximum atomic E-state index is 13.4. The van der Waals surface area contributed by atoms with Gasteiger partial charge < -0.3 is 24.8 Å². The van der Waals surface area contributed by atoms with Crippen LogP contribution in [0.1, 0.15) is 36.0 Å². The van der Waals surface area contributed by atoms with Crippen LogP contribution in [-0.2, 0) is 30.5 Å². The van der Waals surface area contributed by atoms with Crippen LogP contribution in [0.5, 0.6) is 0 Å². The zero-order valence-corrected chi connectivity index (χ0v) is 22.7. The number of carboxylic acid groups (broad SMARTS) is 1. The molecule has 9 heteroatoms. The summed E-state index contributed by atoms with van der Waals surface area (Å²) in [6, 6.07) is 23.7. The van der Waals surface area contributed by atoms with Crippen molar-refractivity contribution in [1.82, 2.24) is 10.2 Å². The molecule has 1 heterocycles. The Balaban J connectivity index is 1.26. The van der Waals surface area contributed by atoms with Crippen molar-refractivity contribution in [3.05, 3.63) is 95.6 Å². The molecule has 1 aliphatic carbocycles. The summed E-state index contributed by atoms with van der Waals surface area (Å²) >= 11 is 0. The monoisotopic (exact) mass is 556 g/mol. The molecule has 212 valence electrons. The van der Waals surface area contributed by atoms with Gasteiger partial charge in [0.25, 0.3) is 0 Å². The second-order valence-electron chi connectivity index (χ2n) is 10.5. The van der Waals surface area contributed by atoms with Crippen LogP contribution >= 0.6 is 0 Å². The molecule has 0 aromatic heterocycles. The smallest absolute Gasteiger partial charge is 0.407 e. The lowest BCUT2D eigenvalue weighted by Gasteiger charge is -2.24. The number of esters is 1. The third-order valence-corrected chi connectivity index (χ3v) is 7.79. The van der Waals surface area contributed by atoms with Gasteiger partial charge >= 0.3 is 18.0 Å². The number of ether oxygens (including phenoxy) is 2. The highest BCUT2D eigenvalue weighted by molar-refractivity contribution is 5.90. The molecule has 0 unspecified atom stereocenters. The standard InChI is InChI=1S/C32H32N2O7/c1-20-16-34(17-26(20)31(37)38)30(36)28(15-29(35)40-18-21-9-3-2-4-10-21)33-32(39)41-19-27-24-13-7-5-11-22(24)23-12-6-8-14-25(23)27/h2-14,20,26-28H,15-19H2,1H3,(H,33,39)(H,37,38)/t20-,26-,28+/m1/s1. The Morgan fingerprint density at radius 1 is 0.878 bits per heavy atom. The fraction of sp³-hybridized carbons (Fsp3) is 0.312. The number of fused-ring (bicyclic) bond motifs is 3. The molecule has 9 nitrogen and oxygen atoms in total. The van der Waals surface area contributed by atoms with Crippen LogP contribution in [-0.4, -0.2) is 59.7 Å². The molecule has 1 saturated heterocycles. The van der Waals surface area contributed by atoms with Gasteiger partial charge in [0, 0.05) is 19.0 Å². The van der Waals surface area contributed by atoms with Crippen molar-refractivity contribution in [2.45, 2.75) is 31.9 Å². The van der Waals surface area contributed by atoms with Gasteiger partial charge in [0.15, 0.2) is 0 Å². The highest BCUT2D eigenvalue weighted by Gasteiger charge is 2.40. The van der Waals surface area contributed by atoms with E-state index in [0.717, 1.165) is 27.8 Å². The van der Waals surface area contributed by atoms with Gasteiger partial charge in [-0.1, -0.05) is 85.8 Å². The number of nitrogens with zero attached hydrogens (tertiary/aromatic N) is 1. The lowest BCUT2D eigenvalue weighted by Crippen LogP contribution is -2.49. The van der Waals surface area contributed by atoms with Crippen molar-refractivity contribution in [2.24, 2.45) is 11.8 Å². The van der Waals surface area contributed by atoms with Crippen molar-refractivity contribution < 1.29 is 33.8 Å². The van der Waals surface area contributed by atoms with E-state index in [9.17, 15) is 24.3 Å². The van der Waals surface area contributed by atoms with Crippen LogP contribution in [0.4, 0.5) is 4.79 Å². The summed E-state index contributed by atoms with van der Waals surface area (Å²) in [5.74, 6) is -3.38. The Bertz CT molecular complexity index is 1400. The number of hydrogen-bond acceptors (Lipinski definition) is 6. The molecular weight excluding hydrogens is 524 g/mol. The fourth-order valence-electron chi connectivity index (χ4n) is 5.63. The summed E-state index contributed by atoms with van der Waals surface area (Å²) in [5.41, 5.74) is 5.05. The van der Waals surface area contributed by atoms with Crippen LogP contribution in [0, 0.1) is 11.8 Å². The Morgan fingerprint density at radius 2 is 1.49 bits per heavy atom. The number of aliphatic carboxylic acids is 1. The molecule has 2 aliphatic rings. The fourth-order valence-corrected chi connectivity index (χ4v) is 5.63. The summed E-state index contributed by atoms with van der Waals surface area (Å²) in [6.07, 6.45) is -1.26. The Labute approximate surface area is 238 Å². The quantitative estimate of drug-likeness (QED) is 0.379. The number of likely N-dealkylation sites (tertiary alicyclic amines) is 1. The first-order valence-corrected chi connectivity index (χ1v) is 13.6. The Hall–Kier alpha value is -4.66. The summed E-state index contributed by atoms with van der Waals surface area (Å²) < 4.78 is 11.0. The van der Waals surface area contributed by atoms with Gasteiger partial charge in [-0.3, -0.25) is 14.4 Å². The predicted molar refractivity (Wildman–Crippen MR) is 150 cm³/mol. The van der Waals surface area contributed by atoms with Crippen LogP contribution in [0.3, 0.4) is 0 Å². The van der Waals surface area contributed by atoms with E-state index in [0.29, 0.717) is 0 Å². The van der Waals surface area contributed by atoms with Gasteiger partial charge in [-0.2, -0.15) is 0 Å². The summed E-state index contributed by atoms with van der Waals surface area (Å²) in [5, 5.41) is 12.1. The lowest BCUT2D eigenvalue weighted by molar-refractivity contribution is -0.148. The number of carbonyl (C=O) groups is 4. The van der Waals surface area contributed by atoms with Gasteiger partial charge in [0.2, 0.25) is 5.91 Å². The number of amides is 2. The topological polar surface area (TPSA) is 122 Å². The van der Waals surface area contributed by atoms with E-state index in [4.69, 9.17) is 9.47 Å². The molecule has 2 amide bonds. The zero-order chi connectivity index (χ0) is 28.9. The first kappa shape index (κ1) is 27.9. The largest absolute Gasteiger partial charge is 0.481 e. The number of carbonyl (C=O) groups excluding carboxylic acids is 3. The Morgan fingerprint density at radius 3 is 2.10 bits per heavy atom. The van der Waals surface area contributed by atoms with Crippen molar-refractivity contribution >= 4 is 23.9 Å². The van der Waals surface area contributed by atoms with E-state index >= 15 is 0 Å². The molecule has 0 bridgehead atoms. The molecule has 0 saturated carbocycles. The molecule has 3 atom stereocenters. The molecule has 3 aromatic rings. The van der Waals surface area contributed by atoms with Gasteiger partial charge in [-0.05, 0) is 33.7 Å². The minimum atomic E-state index is -1.27. The highest BCUT2D eigenvalue weighted by atomic mass is 16.5. The van der Waals surface area contributed by atoms with Crippen LogP contribution in [0.2, 0.25) is 0 Å². The average Bonchev–Trinajstić information content (AvgIpc) is 3.53. The Kier molecular flexibility index (Phi) is 8.33. The highest BCUT2D eigenvalue weighted by Crippen LogP contribution is 2.44. The molecule has 3 aromatic carbocycles. The molecule has 41 heavy (non-hydrogen) atoms. The maximum absolute atomic E-state index is 13.4. The van der Waals surface area contributed by atoms with Gasteiger partial charge in [-0.15, -0.1) is 0 Å². The third-order valence-electron chi connectivity index (χ3n) is 7.79. The normalized spacial score (nSPS) is 18.2. The molecule has 0 spiro atoms. The van der Waals surface area contributed by atoms with Gasteiger partial charge in [-0.25, -0.2) is 4.79 Å². The summed E-state index contributed by atoms with van der Waals surface area (Å²) in [4.78, 5) is 52.2. The van der Waals surface area contributed by atoms with Crippen molar-refractivity contribution in [3.8, 4) is 11.1 Å². The second-order valence-corrected chi connectivity index (χ2v) is 10.5. The van der Waals surface area contributed by atoms with Crippen molar-refractivity contribution in [3.63, 3.8) is 0 Å². The molecule has 2 N–H and O–H groups in total. The van der Waals surface area contributed by atoms with E-state index < -0.39 is 42.3 Å². The lowest BCUT2D eigenvalue weighted by atomic mass is 9.98. The number of benzene rings is 3. The minimum Gasteiger partial charge on any atom is -0.481 e. The van der Waals surface area contributed by atoms with E-state index in [2.05, 4.69) is 5.32 Å². The molecule has 5 rings (SSSR count). The SMILES string of the molecule is C[C@@H]1CN(C(=O)[C@H](CC(=O)OCc2ccccc2)NC(=O)OCC2c3ccccc3-c3ccccc32)C[C@H]1C(=O)O. The van der Waals surface area contributed by atoms with Crippen molar-refractivity contribution in [2.75, 3.05) is 19.7 Å². The number of alkyl carbamates (subject to hydrolysis) is 1. The minimum absolute atomic E-state index is 0.00271. The number of carboxylic acids is 1. The van der Waals surface area contributed by atoms with E-state index in [1.807, 2.05) is 78.9 Å². The number of nitrogens with one attached hydrogen (secondary N) is 1. The second kappa shape index (κ2) is 12.2. The predicted octanol–water partition coefficient (Wildman–Crippen LogP) is 4.21. The summed E-state index contributed by atoms with van der Waals surface area (Å²) in [6.45, 7) is 2.03. The van der Waals surface area contributed by atoms with E-state index in [1.165, 1.54) is 4.90 Å². The van der Waals surface area contributed by atoms with Gasteiger partial charge in [0.05, 0.1) is 12.3 Å². The first-order valence-electron chi connectivity index (χ1n) is 13.6. The van der Waals surface area contributed by atoms with Crippen molar-refractivity contribution in [1.29, 1.82) is 0 Å².